The van der Waals surface area contributed by atoms with Crippen molar-refractivity contribution in [2.24, 2.45) is 5.92 Å². The molecule has 0 heterocycles. The Kier molecular flexibility index (Phi) is 10.5. The van der Waals surface area contributed by atoms with Crippen LogP contribution >= 0.6 is 0 Å². The third-order valence-corrected chi connectivity index (χ3v) is 4.72. The van der Waals surface area contributed by atoms with Crippen molar-refractivity contribution in [1.29, 1.82) is 5.26 Å². The molecule has 2 N–H and O–H groups in total. The SMILES string of the molecule is COC(=O)CNC(=O)C(c1ccc(C)cc1)N(CC#N)C(=O)C(NC(=O)OC(C)(C)C)C(C)C. The average molecular weight is 475 g/mol. The van der Waals surface area contributed by atoms with Gasteiger partial charge in [0.2, 0.25) is 11.8 Å². The summed E-state index contributed by atoms with van der Waals surface area (Å²) < 4.78 is 9.84. The summed E-state index contributed by atoms with van der Waals surface area (Å²) in [5, 5.41) is 14.5. The first-order valence-electron chi connectivity index (χ1n) is 10.9. The minimum absolute atomic E-state index is 0.377. The van der Waals surface area contributed by atoms with E-state index in [-0.39, 0.29) is 5.92 Å². The summed E-state index contributed by atoms with van der Waals surface area (Å²) in [7, 11) is 1.19. The molecule has 1 aromatic carbocycles. The molecule has 0 spiro atoms. The number of nitriles is 1. The van der Waals surface area contributed by atoms with Crippen LogP contribution in [0.4, 0.5) is 4.79 Å². The number of carbonyl (C=O) groups is 4. The van der Waals surface area contributed by atoms with Crippen molar-refractivity contribution >= 4 is 23.9 Å². The average Bonchev–Trinajstić information content (AvgIpc) is 2.74. The van der Waals surface area contributed by atoms with Gasteiger partial charge in [-0.2, -0.15) is 5.26 Å². The summed E-state index contributed by atoms with van der Waals surface area (Å²) in [5.41, 5.74) is 0.595. The summed E-state index contributed by atoms with van der Waals surface area (Å²) in [6.45, 7) is 9.57. The summed E-state index contributed by atoms with van der Waals surface area (Å²) in [4.78, 5) is 51.7. The fourth-order valence-electron chi connectivity index (χ4n) is 3.05. The van der Waals surface area contributed by atoms with Crippen LogP contribution in [-0.4, -0.2) is 60.6 Å². The van der Waals surface area contributed by atoms with E-state index in [9.17, 15) is 24.4 Å². The van der Waals surface area contributed by atoms with Crippen molar-refractivity contribution < 1.29 is 28.7 Å². The van der Waals surface area contributed by atoms with Crippen LogP contribution in [0.1, 0.15) is 51.8 Å². The number of rotatable bonds is 9. The second kappa shape index (κ2) is 12.6. The molecule has 0 saturated carbocycles. The molecule has 10 nitrogen and oxygen atoms in total. The summed E-state index contributed by atoms with van der Waals surface area (Å²) >= 11 is 0. The molecular weight excluding hydrogens is 440 g/mol. The van der Waals surface area contributed by atoms with Crippen LogP contribution in [0.25, 0.3) is 0 Å². The number of ether oxygens (including phenoxy) is 2. The van der Waals surface area contributed by atoms with Gasteiger partial charge in [-0.3, -0.25) is 14.4 Å². The molecule has 1 rings (SSSR count). The number of nitrogens with zero attached hydrogens (tertiary/aromatic N) is 2. The highest BCUT2D eigenvalue weighted by atomic mass is 16.6. The number of hydrogen-bond acceptors (Lipinski definition) is 7. The van der Waals surface area contributed by atoms with E-state index in [0.29, 0.717) is 5.56 Å². The summed E-state index contributed by atoms with van der Waals surface area (Å²) in [6.07, 6.45) is -0.793. The van der Waals surface area contributed by atoms with Crippen LogP contribution in [0, 0.1) is 24.2 Å². The molecule has 0 aliphatic carbocycles. The predicted molar refractivity (Wildman–Crippen MR) is 124 cm³/mol. The second-order valence-corrected chi connectivity index (χ2v) is 9.10. The quantitative estimate of drug-likeness (QED) is 0.413. The summed E-state index contributed by atoms with van der Waals surface area (Å²) in [5.74, 6) is -2.35. The molecule has 0 fully saturated rings. The number of hydrogen-bond donors (Lipinski definition) is 2. The van der Waals surface area contributed by atoms with Gasteiger partial charge in [0.05, 0.1) is 13.2 Å². The molecule has 1 aromatic rings. The van der Waals surface area contributed by atoms with Gasteiger partial charge in [-0.1, -0.05) is 43.7 Å². The Bertz CT molecular complexity index is 915. The standard InChI is InChI=1S/C24H34N4O6/c1-15(2)19(27-23(32)34-24(4,5)6)22(31)28(13-12-25)20(17-10-8-16(3)9-11-17)21(30)26-14-18(29)33-7/h8-11,15,19-20H,13-14H2,1-7H3,(H,26,30)(H,27,32). The molecule has 0 aliphatic heterocycles. The third-order valence-electron chi connectivity index (χ3n) is 4.72. The van der Waals surface area contributed by atoms with Crippen molar-refractivity contribution in [2.45, 2.75) is 59.2 Å². The zero-order chi connectivity index (χ0) is 26.1. The fourth-order valence-corrected chi connectivity index (χ4v) is 3.05. The molecule has 0 saturated heterocycles. The first-order valence-corrected chi connectivity index (χ1v) is 10.9. The highest BCUT2D eigenvalue weighted by Gasteiger charge is 2.37. The molecule has 0 radical (unpaired) electrons. The predicted octanol–water partition coefficient (Wildman–Crippen LogP) is 2.23. The Hall–Kier alpha value is -3.61. The summed E-state index contributed by atoms with van der Waals surface area (Å²) in [6, 6.07) is 6.50. The number of nitrogens with one attached hydrogen (secondary N) is 2. The number of methoxy groups -OCH3 is 1. The first kappa shape index (κ1) is 28.4. The molecule has 186 valence electrons. The molecular formula is C24H34N4O6. The van der Waals surface area contributed by atoms with E-state index in [0.717, 1.165) is 10.5 Å². The Morgan fingerprint density at radius 3 is 2.18 bits per heavy atom. The van der Waals surface area contributed by atoms with Gasteiger partial charge >= 0.3 is 12.1 Å². The van der Waals surface area contributed by atoms with Crippen LogP contribution < -0.4 is 10.6 Å². The van der Waals surface area contributed by atoms with E-state index in [4.69, 9.17) is 4.74 Å². The zero-order valence-corrected chi connectivity index (χ0v) is 20.8. The number of benzene rings is 1. The maximum Gasteiger partial charge on any atom is 0.408 e. The van der Waals surface area contributed by atoms with Crippen molar-refractivity contribution in [2.75, 3.05) is 20.2 Å². The number of esters is 1. The minimum Gasteiger partial charge on any atom is -0.468 e. The van der Waals surface area contributed by atoms with Crippen LogP contribution in [0.2, 0.25) is 0 Å². The minimum atomic E-state index is -1.22. The lowest BCUT2D eigenvalue weighted by molar-refractivity contribution is -0.144. The van der Waals surface area contributed by atoms with Gasteiger partial charge in [0.1, 0.15) is 30.8 Å². The maximum atomic E-state index is 13.6. The maximum absolute atomic E-state index is 13.6. The molecule has 2 unspecified atom stereocenters. The topological polar surface area (TPSA) is 138 Å². The zero-order valence-electron chi connectivity index (χ0n) is 20.8. The van der Waals surface area contributed by atoms with Gasteiger partial charge in [-0.25, -0.2) is 4.79 Å². The molecule has 34 heavy (non-hydrogen) atoms. The number of aryl methyl sites for hydroxylation is 1. The van der Waals surface area contributed by atoms with E-state index in [1.54, 1.807) is 58.9 Å². The van der Waals surface area contributed by atoms with Crippen LogP contribution in [-0.2, 0) is 23.9 Å². The van der Waals surface area contributed by atoms with Crippen LogP contribution in [0.3, 0.4) is 0 Å². The molecule has 0 bridgehead atoms. The van der Waals surface area contributed by atoms with Gasteiger partial charge in [0.15, 0.2) is 0 Å². The highest BCUT2D eigenvalue weighted by Crippen LogP contribution is 2.24. The van der Waals surface area contributed by atoms with Crippen molar-refractivity contribution in [1.82, 2.24) is 15.5 Å². The Morgan fingerprint density at radius 1 is 1.12 bits per heavy atom. The fraction of sp³-hybridized carbons (Fsp3) is 0.542. The normalized spacial score (nSPS) is 12.7. The third kappa shape index (κ3) is 8.73. The molecule has 0 aromatic heterocycles. The smallest absolute Gasteiger partial charge is 0.408 e. The molecule has 3 amide bonds. The molecule has 10 heteroatoms. The molecule has 2 atom stereocenters. The second-order valence-electron chi connectivity index (χ2n) is 9.10. The van der Waals surface area contributed by atoms with E-state index in [1.165, 1.54) is 7.11 Å². The van der Waals surface area contributed by atoms with Gasteiger partial charge < -0.3 is 25.0 Å². The lowest BCUT2D eigenvalue weighted by Crippen LogP contribution is -2.55. The first-order chi connectivity index (χ1) is 15.8. The van der Waals surface area contributed by atoms with E-state index in [2.05, 4.69) is 15.4 Å². The number of carbonyl (C=O) groups excluding carboxylic acids is 4. The van der Waals surface area contributed by atoms with Gasteiger partial charge in [0, 0.05) is 0 Å². The number of amides is 3. The monoisotopic (exact) mass is 474 g/mol. The lowest BCUT2D eigenvalue weighted by atomic mass is 9.98. The van der Waals surface area contributed by atoms with Crippen molar-refractivity contribution in [3.05, 3.63) is 35.4 Å². The van der Waals surface area contributed by atoms with E-state index >= 15 is 0 Å². The Balaban J connectivity index is 3.38. The van der Waals surface area contributed by atoms with Crippen molar-refractivity contribution in [3.8, 4) is 6.07 Å². The Morgan fingerprint density at radius 2 is 1.71 bits per heavy atom. The van der Waals surface area contributed by atoms with Crippen LogP contribution in [0.15, 0.2) is 24.3 Å². The largest absolute Gasteiger partial charge is 0.468 e. The van der Waals surface area contributed by atoms with Gasteiger partial charge in [-0.05, 0) is 39.2 Å². The molecule has 0 aliphatic rings. The van der Waals surface area contributed by atoms with Crippen molar-refractivity contribution in [3.63, 3.8) is 0 Å². The Labute approximate surface area is 200 Å². The van der Waals surface area contributed by atoms with E-state index in [1.807, 2.05) is 13.0 Å². The van der Waals surface area contributed by atoms with E-state index < -0.39 is 54.7 Å². The van der Waals surface area contributed by atoms with Gasteiger partial charge in [-0.15, -0.1) is 0 Å². The lowest BCUT2D eigenvalue weighted by Gasteiger charge is -2.34. The number of alkyl carbamates (subject to hydrolysis) is 1. The van der Waals surface area contributed by atoms with Crippen LogP contribution in [0.5, 0.6) is 0 Å². The highest BCUT2D eigenvalue weighted by molar-refractivity contribution is 5.93. The van der Waals surface area contributed by atoms with Gasteiger partial charge in [0.25, 0.3) is 0 Å².